The lowest BCUT2D eigenvalue weighted by Crippen LogP contribution is -2.48. The number of hydrogen-bond donors (Lipinski definition) is 0. The lowest BCUT2D eigenvalue weighted by Gasteiger charge is -2.33. The largest absolute Gasteiger partial charge is 0.306 e. The number of alkyl halides is 2. The molecule has 0 spiro atoms. The lowest BCUT2D eigenvalue weighted by molar-refractivity contribution is -0.169. The molecule has 0 radical (unpaired) electrons. The number of benzene rings is 1. The molecule has 92 valence electrons. The fourth-order valence-corrected chi connectivity index (χ4v) is 2.30. The molecule has 0 bridgehead atoms. The normalized spacial score (nSPS) is 22.4. The van der Waals surface area contributed by atoms with Crippen molar-refractivity contribution < 1.29 is 13.6 Å². The lowest BCUT2D eigenvalue weighted by atomic mass is 9.76. The first-order valence-corrected chi connectivity index (χ1v) is 5.88. The molecule has 0 amide bonds. The van der Waals surface area contributed by atoms with Crippen molar-refractivity contribution in [3.63, 3.8) is 0 Å². The molecule has 1 atom stereocenters. The standard InChI is InChI=1S/C14H16F2O/c1-9-3-4-10(2)11(7-9)5-6-12-8-14(15,16)13(12)17/h3-4,7,12H,5-6,8H2,1-2H3/t12-/m1/s1. The molecular formula is C14H16F2O. The minimum Gasteiger partial charge on any atom is -0.293 e. The van der Waals surface area contributed by atoms with Crippen LogP contribution in [0.25, 0.3) is 0 Å². The van der Waals surface area contributed by atoms with Gasteiger partial charge in [-0.15, -0.1) is 0 Å². The van der Waals surface area contributed by atoms with Gasteiger partial charge in [0.25, 0.3) is 0 Å². The van der Waals surface area contributed by atoms with E-state index in [0.29, 0.717) is 12.8 Å². The second kappa shape index (κ2) is 4.21. The van der Waals surface area contributed by atoms with Gasteiger partial charge in [-0.05, 0) is 37.8 Å². The van der Waals surface area contributed by atoms with Crippen molar-refractivity contribution in [2.24, 2.45) is 5.92 Å². The van der Waals surface area contributed by atoms with Gasteiger partial charge in [-0.2, -0.15) is 8.78 Å². The summed E-state index contributed by atoms with van der Waals surface area (Å²) in [7, 11) is 0. The highest BCUT2D eigenvalue weighted by atomic mass is 19.3. The van der Waals surface area contributed by atoms with Crippen LogP contribution in [0.1, 0.15) is 29.5 Å². The summed E-state index contributed by atoms with van der Waals surface area (Å²) in [4.78, 5) is 11.1. The molecule has 1 aromatic carbocycles. The predicted octanol–water partition coefficient (Wildman–Crippen LogP) is 3.46. The topological polar surface area (TPSA) is 17.1 Å². The van der Waals surface area contributed by atoms with Gasteiger partial charge in [0.05, 0.1) is 0 Å². The number of carbonyl (C=O) groups excluding carboxylic acids is 1. The van der Waals surface area contributed by atoms with Crippen molar-refractivity contribution in [3.8, 4) is 0 Å². The summed E-state index contributed by atoms with van der Waals surface area (Å²) in [6.07, 6.45) is 0.982. The molecular weight excluding hydrogens is 222 g/mol. The van der Waals surface area contributed by atoms with Gasteiger partial charge < -0.3 is 0 Å². The molecule has 1 nitrogen and oxygen atoms in total. The Morgan fingerprint density at radius 2 is 2.06 bits per heavy atom. The van der Waals surface area contributed by atoms with Crippen LogP contribution < -0.4 is 0 Å². The van der Waals surface area contributed by atoms with Gasteiger partial charge in [0.1, 0.15) is 0 Å². The van der Waals surface area contributed by atoms with Gasteiger partial charge in [-0.3, -0.25) is 4.79 Å². The zero-order chi connectivity index (χ0) is 12.6. The van der Waals surface area contributed by atoms with E-state index in [2.05, 4.69) is 6.07 Å². The molecule has 0 aromatic heterocycles. The molecule has 1 aliphatic carbocycles. The summed E-state index contributed by atoms with van der Waals surface area (Å²) in [5.41, 5.74) is 3.48. The molecule has 0 saturated heterocycles. The maximum Gasteiger partial charge on any atom is 0.306 e. The minimum absolute atomic E-state index is 0.267. The van der Waals surface area contributed by atoms with Crippen LogP contribution in [0.5, 0.6) is 0 Å². The molecule has 17 heavy (non-hydrogen) atoms. The first kappa shape index (κ1) is 12.2. The number of hydrogen-bond acceptors (Lipinski definition) is 1. The first-order chi connectivity index (χ1) is 7.90. The van der Waals surface area contributed by atoms with Gasteiger partial charge in [-0.25, -0.2) is 0 Å². The van der Waals surface area contributed by atoms with E-state index in [1.165, 1.54) is 0 Å². The van der Waals surface area contributed by atoms with Gasteiger partial charge >= 0.3 is 5.92 Å². The molecule has 2 rings (SSSR count). The van der Waals surface area contributed by atoms with E-state index in [1.807, 2.05) is 26.0 Å². The van der Waals surface area contributed by atoms with Crippen LogP contribution in [0.2, 0.25) is 0 Å². The van der Waals surface area contributed by atoms with E-state index in [1.54, 1.807) is 0 Å². The molecule has 1 saturated carbocycles. The number of Topliss-reactive ketones (excluding diaryl/α,β-unsaturated/α-hetero) is 1. The Kier molecular flexibility index (Phi) is 3.02. The van der Waals surface area contributed by atoms with E-state index in [4.69, 9.17) is 0 Å². The fraction of sp³-hybridized carbons (Fsp3) is 0.500. The van der Waals surface area contributed by atoms with Gasteiger partial charge in [0, 0.05) is 12.3 Å². The van der Waals surface area contributed by atoms with Gasteiger partial charge in [0.2, 0.25) is 5.78 Å². The third-order valence-corrected chi connectivity index (χ3v) is 3.50. The molecule has 1 aromatic rings. The van der Waals surface area contributed by atoms with Crippen molar-refractivity contribution in [1.29, 1.82) is 0 Å². The number of halogens is 2. The summed E-state index contributed by atoms with van der Waals surface area (Å²) >= 11 is 0. The monoisotopic (exact) mass is 238 g/mol. The van der Waals surface area contributed by atoms with Crippen LogP contribution in [0.4, 0.5) is 8.78 Å². The number of aryl methyl sites for hydroxylation is 3. The molecule has 0 N–H and O–H groups in total. The smallest absolute Gasteiger partial charge is 0.293 e. The zero-order valence-electron chi connectivity index (χ0n) is 10.1. The Labute approximate surface area is 99.8 Å². The third-order valence-electron chi connectivity index (χ3n) is 3.50. The summed E-state index contributed by atoms with van der Waals surface area (Å²) < 4.78 is 25.4. The van der Waals surface area contributed by atoms with E-state index >= 15 is 0 Å². The highest BCUT2D eigenvalue weighted by molar-refractivity contribution is 5.93. The van der Waals surface area contributed by atoms with Gasteiger partial charge in [-0.1, -0.05) is 23.8 Å². The average Bonchev–Trinajstić information content (AvgIpc) is 2.28. The Hall–Kier alpha value is -1.25. The Morgan fingerprint density at radius 3 is 2.65 bits per heavy atom. The SMILES string of the molecule is Cc1ccc(C)c(CC[C@@H]2CC(F)(F)C2=O)c1. The van der Waals surface area contributed by atoms with E-state index in [-0.39, 0.29) is 6.42 Å². The highest BCUT2D eigenvalue weighted by Crippen LogP contribution is 2.41. The highest BCUT2D eigenvalue weighted by Gasteiger charge is 2.54. The summed E-state index contributed by atoms with van der Waals surface area (Å²) in [5.74, 6) is -4.36. The van der Waals surface area contributed by atoms with Crippen LogP contribution in [0.15, 0.2) is 18.2 Å². The van der Waals surface area contributed by atoms with Crippen molar-refractivity contribution in [1.82, 2.24) is 0 Å². The van der Waals surface area contributed by atoms with Gasteiger partial charge in [0.15, 0.2) is 0 Å². The molecule has 1 fully saturated rings. The Bertz CT molecular complexity index is 452. The van der Waals surface area contributed by atoms with Crippen LogP contribution in [-0.4, -0.2) is 11.7 Å². The fourth-order valence-electron chi connectivity index (χ4n) is 2.30. The summed E-state index contributed by atoms with van der Waals surface area (Å²) in [5, 5.41) is 0. The van der Waals surface area contributed by atoms with E-state index < -0.39 is 17.6 Å². The molecule has 3 heteroatoms. The maximum atomic E-state index is 12.7. The first-order valence-electron chi connectivity index (χ1n) is 5.88. The van der Waals surface area contributed by atoms with E-state index in [0.717, 1.165) is 16.7 Å². The zero-order valence-corrected chi connectivity index (χ0v) is 10.1. The Balaban J connectivity index is 1.95. The average molecular weight is 238 g/mol. The second-order valence-electron chi connectivity index (χ2n) is 4.94. The minimum atomic E-state index is -3.05. The number of rotatable bonds is 3. The van der Waals surface area contributed by atoms with Crippen LogP contribution >= 0.6 is 0 Å². The third kappa shape index (κ3) is 2.38. The van der Waals surface area contributed by atoms with Crippen molar-refractivity contribution in [2.75, 3.05) is 0 Å². The maximum absolute atomic E-state index is 12.7. The van der Waals surface area contributed by atoms with Crippen molar-refractivity contribution in [3.05, 3.63) is 34.9 Å². The summed E-state index contributed by atoms with van der Waals surface area (Å²) in [6.45, 7) is 4.01. The molecule has 1 aliphatic rings. The molecule has 0 heterocycles. The number of ketones is 1. The van der Waals surface area contributed by atoms with Crippen molar-refractivity contribution >= 4 is 5.78 Å². The number of carbonyl (C=O) groups is 1. The van der Waals surface area contributed by atoms with Crippen LogP contribution in [0, 0.1) is 19.8 Å². The van der Waals surface area contributed by atoms with Crippen LogP contribution in [-0.2, 0) is 11.2 Å². The predicted molar refractivity (Wildman–Crippen MR) is 62.3 cm³/mol. The molecule has 0 aliphatic heterocycles. The Morgan fingerprint density at radius 1 is 1.35 bits per heavy atom. The van der Waals surface area contributed by atoms with E-state index in [9.17, 15) is 13.6 Å². The summed E-state index contributed by atoms with van der Waals surface area (Å²) in [6, 6.07) is 6.12. The quantitative estimate of drug-likeness (QED) is 0.788. The second-order valence-corrected chi connectivity index (χ2v) is 4.94. The van der Waals surface area contributed by atoms with Crippen LogP contribution in [0.3, 0.4) is 0 Å². The van der Waals surface area contributed by atoms with Crippen molar-refractivity contribution in [2.45, 2.75) is 39.0 Å². The molecule has 0 unspecified atom stereocenters.